The van der Waals surface area contributed by atoms with Gasteiger partial charge in [-0.2, -0.15) is 13.2 Å². The Bertz CT molecular complexity index is 1580. The van der Waals surface area contributed by atoms with Crippen LogP contribution >= 0.6 is 0 Å². The fourth-order valence-corrected chi connectivity index (χ4v) is 6.26. The maximum absolute atomic E-state index is 13.6. The van der Waals surface area contributed by atoms with Gasteiger partial charge in [0.1, 0.15) is 12.3 Å². The van der Waals surface area contributed by atoms with Crippen LogP contribution in [0.15, 0.2) is 47.4 Å². The van der Waals surface area contributed by atoms with Gasteiger partial charge in [0.25, 0.3) is 0 Å². The summed E-state index contributed by atoms with van der Waals surface area (Å²) in [5, 5.41) is 7.34. The molecule has 8 nitrogen and oxygen atoms in total. The molecule has 0 amide bonds. The van der Waals surface area contributed by atoms with Crippen molar-refractivity contribution in [1.29, 1.82) is 0 Å². The number of ether oxygens (including phenoxy) is 2. The van der Waals surface area contributed by atoms with Gasteiger partial charge in [-0.25, -0.2) is 8.42 Å². The average Bonchev–Trinajstić information content (AvgIpc) is 3.60. The lowest BCUT2D eigenvalue weighted by atomic mass is 10.0. The number of rotatable bonds is 8. The molecule has 5 rings (SSSR count). The molecule has 226 valence electrons. The Hall–Kier alpha value is -3.40. The molecule has 0 saturated carbocycles. The second-order valence-electron chi connectivity index (χ2n) is 10.7. The molecule has 2 N–H and O–H groups in total. The van der Waals surface area contributed by atoms with E-state index < -0.39 is 22.6 Å². The molecule has 1 atom stereocenters. The van der Waals surface area contributed by atoms with Crippen LogP contribution < -0.4 is 15.4 Å². The third-order valence-electron chi connectivity index (χ3n) is 7.78. The lowest BCUT2D eigenvalue weighted by Crippen LogP contribution is -2.44. The van der Waals surface area contributed by atoms with Gasteiger partial charge in [-0.3, -0.25) is 4.90 Å². The second kappa shape index (κ2) is 12.5. The summed E-state index contributed by atoms with van der Waals surface area (Å²) in [5.41, 5.74) is 2.04. The van der Waals surface area contributed by atoms with Crippen LogP contribution in [0.5, 0.6) is 5.75 Å². The SMILES string of the molecule is COc1cc(S(C)(=O)=O)ccc1NCC#Cc1cc2c(NC3CCN([C@H]4CCOC4)CC3)cccc2n1CC(F)(F)F. The highest BCUT2D eigenvalue weighted by Crippen LogP contribution is 2.32. The van der Waals surface area contributed by atoms with Crippen molar-refractivity contribution in [2.24, 2.45) is 0 Å². The van der Waals surface area contributed by atoms with Crippen LogP contribution in [0, 0.1) is 11.8 Å². The fraction of sp³-hybridized carbons (Fsp3) is 0.467. The number of benzene rings is 2. The zero-order valence-corrected chi connectivity index (χ0v) is 24.4. The largest absolute Gasteiger partial charge is 0.495 e. The third kappa shape index (κ3) is 7.14. The molecule has 0 spiro atoms. The van der Waals surface area contributed by atoms with Crippen molar-refractivity contribution in [2.45, 2.75) is 49.0 Å². The lowest BCUT2D eigenvalue weighted by Gasteiger charge is -2.36. The fourth-order valence-electron chi connectivity index (χ4n) is 5.62. The summed E-state index contributed by atoms with van der Waals surface area (Å²) >= 11 is 0. The molecular weight excluding hydrogens is 569 g/mol. The monoisotopic (exact) mass is 604 g/mol. The predicted molar refractivity (Wildman–Crippen MR) is 157 cm³/mol. The molecule has 0 unspecified atom stereocenters. The first kappa shape index (κ1) is 30.1. The Morgan fingerprint density at radius 3 is 2.55 bits per heavy atom. The van der Waals surface area contributed by atoms with E-state index in [2.05, 4.69) is 27.4 Å². The molecular formula is C30H35F3N4O4S. The van der Waals surface area contributed by atoms with Gasteiger partial charge >= 0.3 is 6.18 Å². The minimum atomic E-state index is -4.42. The van der Waals surface area contributed by atoms with Gasteiger partial charge in [-0.05, 0) is 55.5 Å². The van der Waals surface area contributed by atoms with Crippen LogP contribution in [0.2, 0.25) is 0 Å². The minimum absolute atomic E-state index is 0.109. The van der Waals surface area contributed by atoms with Crippen molar-refractivity contribution in [1.82, 2.24) is 9.47 Å². The zero-order chi connectivity index (χ0) is 29.9. The predicted octanol–water partition coefficient (Wildman–Crippen LogP) is 4.74. The first-order valence-corrected chi connectivity index (χ1v) is 15.8. The van der Waals surface area contributed by atoms with E-state index in [-0.39, 0.29) is 23.2 Å². The van der Waals surface area contributed by atoms with Gasteiger partial charge in [0.2, 0.25) is 0 Å². The number of methoxy groups -OCH3 is 1. The van der Waals surface area contributed by atoms with Crippen LogP contribution in [-0.4, -0.2) is 82.4 Å². The summed E-state index contributed by atoms with van der Waals surface area (Å²) in [6.45, 7) is 2.47. The van der Waals surface area contributed by atoms with Crippen molar-refractivity contribution < 1.29 is 31.1 Å². The van der Waals surface area contributed by atoms with Crippen molar-refractivity contribution in [2.75, 3.05) is 56.8 Å². The highest BCUT2D eigenvalue weighted by atomic mass is 32.2. The van der Waals surface area contributed by atoms with E-state index in [1.54, 1.807) is 24.3 Å². The molecule has 0 bridgehead atoms. The van der Waals surface area contributed by atoms with Gasteiger partial charge < -0.3 is 24.7 Å². The molecule has 2 aromatic carbocycles. The van der Waals surface area contributed by atoms with E-state index >= 15 is 0 Å². The van der Waals surface area contributed by atoms with Gasteiger partial charge in [0.05, 0.1) is 42.1 Å². The molecule has 2 fully saturated rings. The molecule has 0 aliphatic carbocycles. The summed E-state index contributed by atoms with van der Waals surface area (Å²) in [4.78, 5) is 2.59. The molecule has 0 radical (unpaired) electrons. The van der Waals surface area contributed by atoms with Crippen LogP contribution in [0.25, 0.3) is 10.9 Å². The van der Waals surface area contributed by atoms with Gasteiger partial charge in [-0.1, -0.05) is 12.0 Å². The number of fused-ring (bicyclic) bond motifs is 1. The molecule has 2 aliphatic rings. The third-order valence-corrected chi connectivity index (χ3v) is 8.89. The molecule has 1 aromatic heterocycles. The Morgan fingerprint density at radius 2 is 1.88 bits per heavy atom. The number of sulfone groups is 1. The number of aromatic nitrogens is 1. The maximum atomic E-state index is 13.6. The normalized spacial score (nSPS) is 18.5. The number of hydrogen-bond acceptors (Lipinski definition) is 7. The number of hydrogen-bond donors (Lipinski definition) is 2. The highest BCUT2D eigenvalue weighted by molar-refractivity contribution is 7.90. The molecule has 3 aromatic rings. The van der Waals surface area contributed by atoms with E-state index in [0.717, 1.165) is 57.5 Å². The van der Waals surface area contributed by atoms with Crippen molar-refractivity contribution in [3.05, 3.63) is 48.2 Å². The van der Waals surface area contributed by atoms with Gasteiger partial charge in [-0.15, -0.1) is 0 Å². The Labute approximate surface area is 244 Å². The van der Waals surface area contributed by atoms with E-state index in [1.165, 1.54) is 23.8 Å². The maximum Gasteiger partial charge on any atom is 0.406 e. The van der Waals surface area contributed by atoms with Crippen molar-refractivity contribution >= 4 is 32.1 Å². The number of likely N-dealkylation sites (tertiary alicyclic amines) is 1. The number of nitrogens with one attached hydrogen (secondary N) is 2. The average molecular weight is 605 g/mol. The van der Waals surface area contributed by atoms with E-state index in [4.69, 9.17) is 9.47 Å². The number of anilines is 2. The highest BCUT2D eigenvalue weighted by Gasteiger charge is 2.31. The van der Waals surface area contributed by atoms with Crippen LogP contribution in [0.1, 0.15) is 25.0 Å². The molecule has 2 aliphatic heterocycles. The summed E-state index contributed by atoms with van der Waals surface area (Å²) in [6.07, 6.45) is -0.356. The number of piperidine rings is 1. The standard InChI is InChI=1S/C30H35F3N4O4S/c1-40-29-18-24(42(2,38)39)8-9-27(29)34-13-4-5-22-17-25-26(6-3-7-28(25)37(22)20-30(31,32)33)35-21-10-14-36(15-11-21)23-12-16-41-19-23/h3,6-9,17-18,21,23,34-35H,10-16,19-20H2,1-2H3/t23-/m0/s1. The number of nitrogens with zero attached hydrogens (tertiary/aromatic N) is 2. The van der Waals surface area contributed by atoms with Gasteiger partial charge in [0.15, 0.2) is 9.84 Å². The second-order valence-corrected chi connectivity index (χ2v) is 12.7. The van der Waals surface area contributed by atoms with Crippen molar-refractivity contribution in [3.8, 4) is 17.6 Å². The van der Waals surface area contributed by atoms with Crippen LogP contribution in [-0.2, 0) is 21.1 Å². The van der Waals surface area contributed by atoms with E-state index in [1.807, 2.05) is 6.07 Å². The first-order chi connectivity index (χ1) is 20.0. The Kier molecular flexibility index (Phi) is 8.92. The molecule has 42 heavy (non-hydrogen) atoms. The lowest BCUT2D eigenvalue weighted by molar-refractivity contribution is -0.140. The summed E-state index contributed by atoms with van der Waals surface area (Å²) in [5.74, 6) is 6.13. The molecule has 3 heterocycles. The summed E-state index contributed by atoms with van der Waals surface area (Å²) in [6, 6.07) is 12.2. The van der Waals surface area contributed by atoms with Crippen LogP contribution in [0.3, 0.4) is 0 Å². The Balaban J connectivity index is 1.34. The quantitative estimate of drug-likeness (QED) is 0.360. The van der Waals surface area contributed by atoms with Crippen molar-refractivity contribution in [3.63, 3.8) is 0 Å². The van der Waals surface area contributed by atoms with Crippen LogP contribution in [0.4, 0.5) is 24.5 Å². The first-order valence-electron chi connectivity index (χ1n) is 13.9. The van der Waals surface area contributed by atoms with Gasteiger partial charge in [0, 0.05) is 55.2 Å². The molecule has 2 saturated heterocycles. The van der Waals surface area contributed by atoms with E-state index in [0.29, 0.717) is 28.4 Å². The topological polar surface area (TPSA) is 84.8 Å². The summed E-state index contributed by atoms with van der Waals surface area (Å²) in [7, 11) is -1.98. The zero-order valence-electron chi connectivity index (χ0n) is 23.6. The van der Waals surface area contributed by atoms with E-state index in [9.17, 15) is 21.6 Å². The minimum Gasteiger partial charge on any atom is -0.495 e. The molecule has 12 heteroatoms. The Morgan fingerprint density at radius 1 is 1.10 bits per heavy atom. The number of halogens is 3. The summed E-state index contributed by atoms with van der Waals surface area (Å²) < 4.78 is 76.5. The number of alkyl halides is 3. The smallest absolute Gasteiger partial charge is 0.406 e.